The number of carbonyl (C=O) groups is 2. The Balaban J connectivity index is 2.06. The smallest absolute Gasteiger partial charge is 0.360 e. The molecule has 1 N–H and O–H groups in total. The highest BCUT2D eigenvalue weighted by molar-refractivity contribution is 6.31. The molecule has 116 valence electrons. The minimum atomic E-state index is -0.622. The van der Waals surface area contributed by atoms with Gasteiger partial charge in [-0.15, -0.1) is 5.10 Å². The van der Waals surface area contributed by atoms with Crippen LogP contribution in [0.4, 0.5) is 5.69 Å². The van der Waals surface area contributed by atoms with E-state index in [0.717, 1.165) is 0 Å². The van der Waals surface area contributed by atoms with Crippen LogP contribution in [-0.4, -0.2) is 41.1 Å². The van der Waals surface area contributed by atoms with Crippen LogP contribution in [0.1, 0.15) is 10.5 Å². The van der Waals surface area contributed by atoms with Crippen molar-refractivity contribution in [2.75, 3.05) is 19.5 Å². The molecule has 1 amide bonds. The molecule has 0 radical (unpaired) electrons. The fourth-order valence-corrected chi connectivity index (χ4v) is 1.86. The Bertz CT molecular complexity index is 701. The Morgan fingerprint density at radius 2 is 2.14 bits per heavy atom. The van der Waals surface area contributed by atoms with Crippen LogP contribution in [0, 0.1) is 0 Å². The number of anilines is 1. The van der Waals surface area contributed by atoms with Crippen molar-refractivity contribution in [3.05, 3.63) is 35.1 Å². The van der Waals surface area contributed by atoms with E-state index in [1.165, 1.54) is 25.1 Å². The molecule has 2 rings (SSSR count). The maximum absolute atomic E-state index is 12.0. The molecule has 2 aromatic rings. The van der Waals surface area contributed by atoms with Crippen molar-refractivity contribution < 1.29 is 19.1 Å². The van der Waals surface area contributed by atoms with Gasteiger partial charge in [0.05, 0.1) is 26.1 Å². The van der Waals surface area contributed by atoms with Gasteiger partial charge in [0, 0.05) is 5.02 Å². The van der Waals surface area contributed by atoms with E-state index in [1.54, 1.807) is 18.2 Å². The first kappa shape index (κ1) is 15.8. The summed E-state index contributed by atoms with van der Waals surface area (Å²) in [4.78, 5) is 23.3. The zero-order valence-corrected chi connectivity index (χ0v) is 12.6. The van der Waals surface area contributed by atoms with E-state index in [0.29, 0.717) is 16.5 Å². The quantitative estimate of drug-likeness (QED) is 0.834. The molecule has 0 unspecified atom stereocenters. The van der Waals surface area contributed by atoms with Crippen LogP contribution in [-0.2, 0) is 16.1 Å². The van der Waals surface area contributed by atoms with Crippen LogP contribution in [0.3, 0.4) is 0 Å². The molecular weight excluding hydrogens is 312 g/mol. The van der Waals surface area contributed by atoms with Gasteiger partial charge in [-0.25, -0.2) is 9.48 Å². The number of esters is 1. The largest absolute Gasteiger partial charge is 0.495 e. The number of benzene rings is 1. The highest BCUT2D eigenvalue weighted by Crippen LogP contribution is 2.27. The predicted molar refractivity (Wildman–Crippen MR) is 78.0 cm³/mol. The van der Waals surface area contributed by atoms with Crippen LogP contribution >= 0.6 is 11.6 Å². The molecule has 0 bridgehead atoms. The first-order chi connectivity index (χ1) is 10.5. The summed E-state index contributed by atoms with van der Waals surface area (Å²) in [5.41, 5.74) is 0.462. The minimum Gasteiger partial charge on any atom is -0.495 e. The van der Waals surface area contributed by atoms with E-state index < -0.39 is 5.97 Å². The topological polar surface area (TPSA) is 95.3 Å². The van der Waals surface area contributed by atoms with Crippen molar-refractivity contribution in [1.82, 2.24) is 15.0 Å². The first-order valence-electron chi connectivity index (χ1n) is 6.15. The lowest BCUT2D eigenvalue weighted by atomic mass is 10.3. The van der Waals surface area contributed by atoms with Gasteiger partial charge in [0.15, 0.2) is 5.69 Å². The predicted octanol–water partition coefficient (Wildman–Crippen LogP) is 1.37. The third kappa shape index (κ3) is 3.73. The molecule has 9 heteroatoms. The summed E-state index contributed by atoms with van der Waals surface area (Å²) in [5.74, 6) is -0.517. The lowest BCUT2D eigenvalue weighted by Crippen LogP contribution is -2.19. The lowest BCUT2D eigenvalue weighted by molar-refractivity contribution is -0.116. The van der Waals surface area contributed by atoms with Crippen LogP contribution in [0.2, 0.25) is 5.02 Å². The molecule has 8 nitrogen and oxygen atoms in total. The van der Waals surface area contributed by atoms with E-state index in [9.17, 15) is 9.59 Å². The summed E-state index contributed by atoms with van der Waals surface area (Å²) in [5, 5.41) is 10.4. The van der Waals surface area contributed by atoms with Gasteiger partial charge >= 0.3 is 5.97 Å². The molecule has 1 heterocycles. The molecule has 0 atom stereocenters. The molecule has 0 saturated heterocycles. The molecule has 0 saturated carbocycles. The number of carbonyl (C=O) groups excluding carboxylic acids is 2. The van der Waals surface area contributed by atoms with Crippen LogP contribution in [0.25, 0.3) is 0 Å². The molecule has 1 aromatic carbocycles. The van der Waals surface area contributed by atoms with Crippen molar-refractivity contribution >= 4 is 29.2 Å². The SMILES string of the molecule is COC(=O)c1cn(CC(=O)Nc2cc(Cl)ccc2OC)nn1. The van der Waals surface area contributed by atoms with Crippen molar-refractivity contribution in [3.63, 3.8) is 0 Å². The molecule has 1 aromatic heterocycles. The van der Waals surface area contributed by atoms with E-state index in [-0.39, 0.29) is 18.1 Å². The summed E-state index contributed by atoms with van der Waals surface area (Å²) >= 11 is 5.89. The first-order valence-corrected chi connectivity index (χ1v) is 6.53. The molecule has 0 spiro atoms. The highest BCUT2D eigenvalue weighted by atomic mass is 35.5. The Labute approximate surface area is 131 Å². The van der Waals surface area contributed by atoms with Gasteiger partial charge < -0.3 is 14.8 Å². The van der Waals surface area contributed by atoms with Gasteiger partial charge in [0.1, 0.15) is 12.3 Å². The van der Waals surface area contributed by atoms with E-state index in [2.05, 4.69) is 20.4 Å². The van der Waals surface area contributed by atoms with Crippen molar-refractivity contribution in [2.24, 2.45) is 0 Å². The second-order valence-electron chi connectivity index (χ2n) is 4.19. The summed E-state index contributed by atoms with van der Waals surface area (Å²) < 4.78 is 10.9. The zero-order valence-electron chi connectivity index (χ0n) is 11.9. The monoisotopic (exact) mass is 324 g/mol. The van der Waals surface area contributed by atoms with Crippen molar-refractivity contribution in [1.29, 1.82) is 0 Å². The fourth-order valence-electron chi connectivity index (χ4n) is 1.69. The van der Waals surface area contributed by atoms with Gasteiger partial charge in [0.2, 0.25) is 5.91 Å². The van der Waals surface area contributed by atoms with Crippen LogP contribution in [0.5, 0.6) is 5.75 Å². The molecule has 0 aliphatic rings. The highest BCUT2D eigenvalue weighted by Gasteiger charge is 2.13. The number of amides is 1. The number of halogens is 1. The third-order valence-electron chi connectivity index (χ3n) is 2.67. The normalized spacial score (nSPS) is 10.1. The fraction of sp³-hybridized carbons (Fsp3) is 0.231. The lowest BCUT2D eigenvalue weighted by Gasteiger charge is -2.10. The number of nitrogens with zero attached hydrogens (tertiary/aromatic N) is 3. The number of rotatable bonds is 5. The minimum absolute atomic E-state index is 0.0237. The molecule has 0 aliphatic heterocycles. The van der Waals surface area contributed by atoms with Crippen molar-refractivity contribution in [3.8, 4) is 5.75 Å². The maximum atomic E-state index is 12.0. The molecule has 0 aliphatic carbocycles. The number of hydrogen-bond acceptors (Lipinski definition) is 6. The summed E-state index contributed by atoms with van der Waals surface area (Å²) in [6.45, 7) is -0.125. The van der Waals surface area contributed by atoms with Gasteiger partial charge in [-0.2, -0.15) is 0 Å². The second-order valence-corrected chi connectivity index (χ2v) is 4.62. The third-order valence-corrected chi connectivity index (χ3v) is 2.91. The molecular formula is C13H13ClN4O4. The van der Waals surface area contributed by atoms with Crippen LogP contribution in [0.15, 0.2) is 24.4 Å². The van der Waals surface area contributed by atoms with Crippen LogP contribution < -0.4 is 10.1 Å². The Morgan fingerprint density at radius 1 is 1.36 bits per heavy atom. The Morgan fingerprint density at radius 3 is 2.82 bits per heavy atom. The maximum Gasteiger partial charge on any atom is 0.360 e. The average Bonchev–Trinajstić information content (AvgIpc) is 2.95. The number of ether oxygens (including phenoxy) is 2. The summed E-state index contributed by atoms with van der Waals surface area (Å²) in [7, 11) is 2.72. The Kier molecular flexibility index (Phi) is 4.95. The molecule has 22 heavy (non-hydrogen) atoms. The Hall–Kier alpha value is -2.61. The second kappa shape index (κ2) is 6.90. The van der Waals surface area contributed by atoms with Gasteiger partial charge in [-0.1, -0.05) is 16.8 Å². The number of methoxy groups -OCH3 is 2. The number of aromatic nitrogens is 3. The van der Waals surface area contributed by atoms with E-state index in [4.69, 9.17) is 16.3 Å². The van der Waals surface area contributed by atoms with E-state index >= 15 is 0 Å². The van der Waals surface area contributed by atoms with Gasteiger partial charge in [-0.05, 0) is 18.2 Å². The zero-order chi connectivity index (χ0) is 16.1. The standard InChI is InChI=1S/C13H13ClN4O4/c1-21-11-4-3-8(14)5-9(11)15-12(19)7-18-6-10(16-17-18)13(20)22-2/h3-6H,7H2,1-2H3,(H,15,19). The van der Waals surface area contributed by atoms with Gasteiger partial charge in [-0.3, -0.25) is 4.79 Å². The van der Waals surface area contributed by atoms with Crippen molar-refractivity contribution in [2.45, 2.75) is 6.54 Å². The number of nitrogens with one attached hydrogen (secondary N) is 1. The molecule has 0 fully saturated rings. The summed E-state index contributed by atoms with van der Waals surface area (Å²) in [6, 6.07) is 4.86. The average molecular weight is 325 g/mol. The summed E-state index contributed by atoms with van der Waals surface area (Å²) in [6.07, 6.45) is 1.32. The van der Waals surface area contributed by atoms with Gasteiger partial charge in [0.25, 0.3) is 0 Å². The van der Waals surface area contributed by atoms with E-state index in [1.807, 2.05) is 0 Å². The number of hydrogen-bond donors (Lipinski definition) is 1.